The third-order valence-electron chi connectivity index (χ3n) is 5.91. The fourth-order valence-electron chi connectivity index (χ4n) is 4.32. The highest BCUT2D eigenvalue weighted by atomic mass is 16.2. The van der Waals surface area contributed by atoms with Crippen LogP contribution < -0.4 is 0 Å². The molecule has 2 amide bonds. The fraction of sp³-hybridized carbons (Fsp3) is 0.737. The second-order valence-corrected chi connectivity index (χ2v) is 7.83. The number of likely N-dealkylation sites (tertiary alicyclic amines) is 2. The summed E-state index contributed by atoms with van der Waals surface area (Å²) in [5.74, 6) is 1.98. The first-order chi connectivity index (χ1) is 12.2. The van der Waals surface area contributed by atoms with Crippen molar-refractivity contribution in [3.05, 3.63) is 18.2 Å². The van der Waals surface area contributed by atoms with Gasteiger partial charge in [-0.2, -0.15) is 0 Å². The van der Waals surface area contributed by atoms with E-state index in [4.69, 9.17) is 0 Å². The molecule has 1 aromatic rings. The summed E-state index contributed by atoms with van der Waals surface area (Å²) in [5.41, 5.74) is 0. The van der Waals surface area contributed by atoms with Crippen LogP contribution in [0, 0.1) is 11.8 Å². The number of rotatable bonds is 5. The highest BCUT2D eigenvalue weighted by Crippen LogP contribution is 2.33. The van der Waals surface area contributed by atoms with Crippen LogP contribution in [-0.2, 0) is 16.0 Å². The molecule has 0 N–H and O–H groups in total. The molecule has 2 aliphatic heterocycles. The number of hydrogen-bond acceptors (Lipinski definition) is 3. The van der Waals surface area contributed by atoms with Crippen molar-refractivity contribution in [2.24, 2.45) is 11.8 Å². The molecule has 1 aromatic heterocycles. The summed E-state index contributed by atoms with van der Waals surface area (Å²) in [5, 5.41) is 0. The second kappa shape index (κ2) is 6.81. The van der Waals surface area contributed by atoms with Crippen LogP contribution in [0.25, 0.3) is 0 Å². The number of piperidine rings is 1. The molecule has 2 atom stereocenters. The topological polar surface area (TPSA) is 58.4 Å². The Labute approximate surface area is 149 Å². The molecule has 2 saturated heterocycles. The van der Waals surface area contributed by atoms with Gasteiger partial charge in [0.2, 0.25) is 11.8 Å². The zero-order valence-electron chi connectivity index (χ0n) is 15.1. The average molecular weight is 344 g/mol. The Hall–Kier alpha value is -1.85. The molecule has 1 saturated carbocycles. The van der Waals surface area contributed by atoms with Crippen LogP contribution >= 0.6 is 0 Å². The summed E-state index contributed by atoms with van der Waals surface area (Å²) in [6.07, 6.45) is 9.78. The lowest BCUT2D eigenvalue weighted by Crippen LogP contribution is -2.44. The van der Waals surface area contributed by atoms with E-state index in [0.29, 0.717) is 24.9 Å². The van der Waals surface area contributed by atoms with Crippen molar-refractivity contribution >= 4 is 11.8 Å². The summed E-state index contributed by atoms with van der Waals surface area (Å²) in [7, 11) is 0. The van der Waals surface area contributed by atoms with Gasteiger partial charge in [-0.3, -0.25) is 9.59 Å². The molecule has 3 aliphatic rings. The van der Waals surface area contributed by atoms with E-state index in [-0.39, 0.29) is 17.7 Å². The van der Waals surface area contributed by atoms with E-state index in [0.717, 1.165) is 44.7 Å². The number of carbonyl (C=O) groups is 2. The van der Waals surface area contributed by atoms with Crippen LogP contribution in [0.1, 0.15) is 50.9 Å². The Balaban J connectivity index is 1.39. The Morgan fingerprint density at radius 3 is 2.88 bits per heavy atom. The maximum atomic E-state index is 13.0. The molecule has 25 heavy (non-hydrogen) atoms. The highest BCUT2D eigenvalue weighted by molar-refractivity contribution is 5.89. The van der Waals surface area contributed by atoms with Gasteiger partial charge >= 0.3 is 0 Å². The van der Waals surface area contributed by atoms with Crippen molar-refractivity contribution < 1.29 is 9.59 Å². The first-order valence-electron chi connectivity index (χ1n) is 9.74. The van der Waals surface area contributed by atoms with Crippen LogP contribution in [0.4, 0.5) is 0 Å². The van der Waals surface area contributed by atoms with Gasteiger partial charge in [0.1, 0.15) is 5.82 Å². The first-order valence-corrected chi connectivity index (χ1v) is 9.74. The predicted octanol–water partition coefficient (Wildman–Crippen LogP) is 1.87. The van der Waals surface area contributed by atoms with E-state index in [1.165, 1.54) is 12.8 Å². The third-order valence-corrected chi connectivity index (χ3v) is 5.91. The molecule has 1 aliphatic carbocycles. The lowest BCUT2D eigenvalue weighted by atomic mass is 10.0. The maximum absolute atomic E-state index is 13.0. The maximum Gasteiger partial charge on any atom is 0.228 e. The summed E-state index contributed by atoms with van der Waals surface area (Å²) >= 11 is 0. The lowest BCUT2D eigenvalue weighted by molar-refractivity contribution is -0.137. The molecular formula is C19H28N4O2. The summed E-state index contributed by atoms with van der Waals surface area (Å²) in [6.45, 7) is 5.16. The summed E-state index contributed by atoms with van der Waals surface area (Å²) in [6, 6.07) is 0.315. The molecule has 0 unspecified atom stereocenters. The molecule has 0 aromatic carbocycles. The number of nitrogens with zero attached hydrogens (tertiary/aromatic N) is 4. The number of aromatic nitrogens is 2. The largest absolute Gasteiger partial charge is 0.342 e. The first kappa shape index (κ1) is 16.6. The summed E-state index contributed by atoms with van der Waals surface area (Å²) < 4.78 is 2.23. The predicted molar refractivity (Wildman–Crippen MR) is 93.9 cm³/mol. The van der Waals surface area contributed by atoms with Gasteiger partial charge in [-0.1, -0.05) is 6.92 Å². The van der Waals surface area contributed by atoms with Gasteiger partial charge < -0.3 is 14.4 Å². The standard InChI is InChI=1S/C19H28N4O2/c1-2-17-20-7-9-23(17)16-4-3-8-21(13-16)19(25)15-10-18(24)22(12-15)11-14-5-6-14/h7,9,14-16H,2-6,8,10-13H2,1H3/t15-,16-/m1/s1. The van der Waals surface area contributed by atoms with Gasteiger partial charge in [0.15, 0.2) is 0 Å². The molecule has 0 spiro atoms. The Morgan fingerprint density at radius 1 is 1.28 bits per heavy atom. The van der Waals surface area contributed by atoms with Gasteiger partial charge in [-0.05, 0) is 31.6 Å². The molecule has 3 heterocycles. The Bertz CT molecular complexity index is 652. The molecule has 4 rings (SSSR count). The molecular weight excluding hydrogens is 316 g/mol. The van der Waals surface area contributed by atoms with Crippen molar-refractivity contribution in [1.82, 2.24) is 19.4 Å². The zero-order chi connectivity index (χ0) is 17.4. The molecule has 6 heteroatoms. The monoisotopic (exact) mass is 344 g/mol. The van der Waals surface area contributed by atoms with Crippen molar-refractivity contribution in [3.63, 3.8) is 0 Å². The highest BCUT2D eigenvalue weighted by Gasteiger charge is 2.39. The average Bonchev–Trinajstić information content (AvgIpc) is 3.18. The molecule has 6 nitrogen and oxygen atoms in total. The van der Waals surface area contributed by atoms with E-state index in [9.17, 15) is 9.59 Å². The third kappa shape index (κ3) is 3.44. The summed E-state index contributed by atoms with van der Waals surface area (Å²) in [4.78, 5) is 33.5. The SMILES string of the molecule is CCc1nccn1[C@@H]1CCCN(C(=O)[C@@H]2CC(=O)N(CC3CC3)C2)C1. The Morgan fingerprint density at radius 2 is 2.12 bits per heavy atom. The van der Waals surface area contributed by atoms with Gasteiger partial charge in [0, 0.05) is 51.4 Å². The van der Waals surface area contributed by atoms with Crippen molar-refractivity contribution in [3.8, 4) is 0 Å². The van der Waals surface area contributed by atoms with Gasteiger partial charge in [0.25, 0.3) is 0 Å². The van der Waals surface area contributed by atoms with Crippen LogP contribution in [0.15, 0.2) is 12.4 Å². The van der Waals surface area contributed by atoms with E-state index >= 15 is 0 Å². The number of aryl methyl sites for hydroxylation is 1. The Kier molecular flexibility index (Phi) is 4.52. The minimum atomic E-state index is -0.140. The van der Waals surface area contributed by atoms with Gasteiger partial charge in [0.05, 0.1) is 12.0 Å². The molecule has 136 valence electrons. The molecule has 3 fully saturated rings. The van der Waals surface area contributed by atoms with Crippen LogP contribution in [0.2, 0.25) is 0 Å². The van der Waals surface area contributed by atoms with Crippen molar-refractivity contribution in [2.45, 2.75) is 51.5 Å². The quantitative estimate of drug-likeness (QED) is 0.819. The minimum absolute atomic E-state index is 0.140. The van der Waals surface area contributed by atoms with Crippen LogP contribution in [0.5, 0.6) is 0 Å². The fourth-order valence-corrected chi connectivity index (χ4v) is 4.32. The lowest BCUT2D eigenvalue weighted by Gasteiger charge is -2.35. The van der Waals surface area contributed by atoms with Crippen molar-refractivity contribution in [2.75, 3.05) is 26.2 Å². The number of hydrogen-bond donors (Lipinski definition) is 0. The molecule has 0 radical (unpaired) electrons. The van der Waals surface area contributed by atoms with Crippen LogP contribution in [-0.4, -0.2) is 57.3 Å². The van der Waals surface area contributed by atoms with Crippen molar-refractivity contribution in [1.29, 1.82) is 0 Å². The smallest absolute Gasteiger partial charge is 0.228 e. The zero-order valence-corrected chi connectivity index (χ0v) is 15.1. The number of amides is 2. The van der Waals surface area contributed by atoms with Crippen LogP contribution in [0.3, 0.4) is 0 Å². The normalized spacial score (nSPS) is 27.2. The van der Waals surface area contributed by atoms with E-state index in [2.05, 4.69) is 16.5 Å². The van der Waals surface area contributed by atoms with Gasteiger partial charge in [-0.15, -0.1) is 0 Å². The number of imidazole rings is 1. The second-order valence-electron chi connectivity index (χ2n) is 7.83. The molecule has 0 bridgehead atoms. The number of carbonyl (C=O) groups excluding carboxylic acids is 2. The minimum Gasteiger partial charge on any atom is -0.342 e. The van der Waals surface area contributed by atoms with E-state index in [1.807, 2.05) is 22.2 Å². The van der Waals surface area contributed by atoms with E-state index < -0.39 is 0 Å². The van der Waals surface area contributed by atoms with Gasteiger partial charge in [-0.25, -0.2) is 4.98 Å². The van der Waals surface area contributed by atoms with E-state index in [1.54, 1.807) is 0 Å².